The van der Waals surface area contributed by atoms with Gasteiger partial charge in [-0.1, -0.05) is 0 Å². The summed E-state index contributed by atoms with van der Waals surface area (Å²) in [5, 5.41) is 13.8. The Morgan fingerprint density at radius 2 is 1.12 bits per heavy atom. The van der Waals surface area contributed by atoms with Crippen LogP contribution in [-0.2, 0) is 35.2 Å². The molecule has 0 bridgehead atoms. The maximum Gasteiger partial charge on any atom is 0.336 e. The molecule has 19 N–H and O–H groups in total. The van der Waals surface area contributed by atoms with Crippen molar-refractivity contribution in [3.63, 3.8) is 0 Å². The van der Waals surface area contributed by atoms with Gasteiger partial charge in [-0.05, 0) is 88.6 Å². The van der Waals surface area contributed by atoms with Crippen molar-refractivity contribution in [1.82, 2.24) is 21.3 Å². The fourth-order valence-corrected chi connectivity index (χ4v) is 5.83. The van der Waals surface area contributed by atoms with Crippen molar-refractivity contribution in [3.8, 4) is 0 Å². The molecule has 2 aromatic rings. The van der Waals surface area contributed by atoms with Gasteiger partial charge in [-0.15, -0.1) is 0 Å². The molecule has 0 unspecified atom stereocenters. The highest BCUT2D eigenvalue weighted by molar-refractivity contribution is 6.00. The van der Waals surface area contributed by atoms with E-state index < -0.39 is 65.2 Å². The van der Waals surface area contributed by atoms with E-state index in [0.29, 0.717) is 43.2 Å². The zero-order chi connectivity index (χ0) is 43.2. The predicted octanol–water partition coefficient (Wildman–Crippen LogP) is -3.31. The number of aliphatic imine (C=N–C) groups is 2. The number of rotatable bonds is 26. The molecular formula is C36H58N14O8. The van der Waals surface area contributed by atoms with Gasteiger partial charge in [0, 0.05) is 43.2 Å². The fraction of sp³-hybridized carbons (Fsp3) is 0.528. The second-order valence-electron chi connectivity index (χ2n) is 13.5. The summed E-state index contributed by atoms with van der Waals surface area (Å²) in [5.74, 6) is -4.10. The zero-order valence-corrected chi connectivity index (χ0v) is 32.7. The summed E-state index contributed by atoms with van der Waals surface area (Å²) in [7, 11) is 0. The first-order chi connectivity index (χ1) is 27.5. The molecule has 22 heteroatoms. The van der Waals surface area contributed by atoms with E-state index in [0.717, 1.165) is 6.07 Å². The van der Waals surface area contributed by atoms with Crippen molar-refractivity contribution in [1.29, 1.82) is 0 Å². The van der Waals surface area contributed by atoms with Crippen LogP contribution in [0.3, 0.4) is 0 Å². The van der Waals surface area contributed by atoms with Crippen molar-refractivity contribution in [2.75, 3.05) is 31.5 Å². The molecule has 0 saturated carbocycles. The number of hydrogen-bond acceptors (Lipinski definition) is 12. The number of unbranched alkanes of at least 4 members (excludes halogenated alkanes) is 1. The monoisotopic (exact) mass is 814 g/mol. The molecule has 1 heterocycles. The molecule has 320 valence electrons. The maximum absolute atomic E-state index is 13.9. The van der Waals surface area contributed by atoms with Gasteiger partial charge in [-0.2, -0.15) is 0 Å². The van der Waals surface area contributed by atoms with Crippen LogP contribution in [0.2, 0.25) is 0 Å². The van der Waals surface area contributed by atoms with Gasteiger partial charge in [0.25, 0.3) is 0 Å². The van der Waals surface area contributed by atoms with Crippen LogP contribution in [0.15, 0.2) is 43.5 Å². The minimum absolute atomic E-state index is 0.0584. The van der Waals surface area contributed by atoms with Gasteiger partial charge in [0.05, 0.1) is 6.42 Å². The van der Waals surface area contributed by atoms with E-state index in [1.54, 1.807) is 6.07 Å². The summed E-state index contributed by atoms with van der Waals surface area (Å²) in [4.78, 5) is 98.3. The Hall–Kier alpha value is -6.29. The number of carbonyl (C=O) groups is 6. The molecule has 0 spiro atoms. The van der Waals surface area contributed by atoms with Crippen molar-refractivity contribution in [2.24, 2.45) is 50.1 Å². The lowest BCUT2D eigenvalue weighted by Gasteiger charge is -2.26. The van der Waals surface area contributed by atoms with Gasteiger partial charge in [-0.25, -0.2) is 4.79 Å². The molecule has 0 saturated heterocycles. The molecular weight excluding hydrogens is 756 g/mol. The van der Waals surface area contributed by atoms with E-state index in [1.807, 2.05) is 0 Å². The van der Waals surface area contributed by atoms with Gasteiger partial charge < -0.3 is 71.1 Å². The largest absolute Gasteiger partial charge is 0.423 e. The van der Waals surface area contributed by atoms with Gasteiger partial charge in [0.15, 0.2) is 11.9 Å². The van der Waals surface area contributed by atoms with Gasteiger partial charge in [-0.3, -0.25) is 38.8 Å². The summed E-state index contributed by atoms with van der Waals surface area (Å²) < 4.78 is 5.29. The Bertz CT molecular complexity index is 1840. The molecule has 0 aliphatic heterocycles. The third-order valence-corrected chi connectivity index (χ3v) is 8.59. The smallest absolute Gasteiger partial charge is 0.336 e. The van der Waals surface area contributed by atoms with Crippen LogP contribution >= 0.6 is 0 Å². The highest BCUT2D eigenvalue weighted by atomic mass is 16.4. The SMILES string of the molecule is CC(=O)N[C@H](CCCN=C(N)N)C(=O)N[C@@H](CCCCN)C(=O)N[C@@H](CCCN)C(=O)N[C@@H](CCCN=C(N)N)C(=O)Nc1ccc2c(CC(N)=O)cc(=O)oc2c1. The number of primary amides is 1. The molecule has 0 fully saturated rings. The molecule has 0 aliphatic carbocycles. The lowest BCUT2D eigenvalue weighted by molar-refractivity contribution is -0.134. The third kappa shape index (κ3) is 17.7. The minimum atomic E-state index is -1.19. The van der Waals surface area contributed by atoms with Crippen molar-refractivity contribution in [3.05, 3.63) is 40.2 Å². The number of hydrogen-bond donors (Lipinski definition) is 12. The maximum atomic E-state index is 13.9. The predicted molar refractivity (Wildman–Crippen MR) is 218 cm³/mol. The number of amides is 6. The first-order valence-corrected chi connectivity index (χ1v) is 18.9. The third-order valence-electron chi connectivity index (χ3n) is 8.59. The number of nitrogens with one attached hydrogen (secondary N) is 5. The molecule has 1 aromatic heterocycles. The molecule has 4 atom stereocenters. The lowest BCUT2D eigenvalue weighted by Crippen LogP contribution is -2.58. The minimum Gasteiger partial charge on any atom is -0.423 e. The summed E-state index contributed by atoms with van der Waals surface area (Å²) in [6.07, 6.45) is 2.16. The van der Waals surface area contributed by atoms with E-state index in [9.17, 15) is 33.6 Å². The van der Waals surface area contributed by atoms with Gasteiger partial charge in [0.1, 0.15) is 29.8 Å². The van der Waals surface area contributed by atoms with E-state index in [4.69, 9.17) is 44.6 Å². The van der Waals surface area contributed by atoms with Gasteiger partial charge >= 0.3 is 5.63 Å². The molecule has 6 amide bonds. The molecule has 0 radical (unpaired) electrons. The first-order valence-electron chi connectivity index (χ1n) is 18.9. The van der Waals surface area contributed by atoms with Crippen LogP contribution in [0.25, 0.3) is 11.0 Å². The number of anilines is 1. The molecule has 22 nitrogen and oxygen atoms in total. The van der Waals surface area contributed by atoms with Crippen molar-refractivity contribution >= 4 is 64.0 Å². The topological polar surface area (TPSA) is 400 Å². The first kappa shape index (κ1) is 47.9. The highest BCUT2D eigenvalue weighted by Crippen LogP contribution is 2.22. The molecule has 2 rings (SSSR count). The van der Waals surface area contributed by atoms with Crippen LogP contribution in [0.1, 0.15) is 70.3 Å². The molecule has 0 aliphatic rings. The van der Waals surface area contributed by atoms with Gasteiger partial charge in [0.2, 0.25) is 35.4 Å². The molecule has 58 heavy (non-hydrogen) atoms. The zero-order valence-electron chi connectivity index (χ0n) is 32.7. The Kier molecular flexibility index (Phi) is 20.7. The molecule has 1 aromatic carbocycles. The fourth-order valence-electron chi connectivity index (χ4n) is 5.83. The summed E-state index contributed by atoms with van der Waals surface area (Å²) in [5.41, 5.74) is 38.3. The summed E-state index contributed by atoms with van der Waals surface area (Å²) in [6, 6.07) is 1.10. The summed E-state index contributed by atoms with van der Waals surface area (Å²) in [6.45, 7) is 2.10. The van der Waals surface area contributed by atoms with E-state index >= 15 is 0 Å². The summed E-state index contributed by atoms with van der Waals surface area (Å²) >= 11 is 0. The van der Waals surface area contributed by atoms with Crippen LogP contribution in [0.4, 0.5) is 5.69 Å². The average molecular weight is 815 g/mol. The van der Waals surface area contributed by atoms with Crippen LogP contribution in [-0.4, -0.2) is 97.7 Å². The van der Waals surface area contributed by atoms with E-state index in [-0.39, 0.29) is 81.3 Å². The average Bonchev–Trinajstić information content (AvgIpc) is 3.14. The number of nitrogens with two attached hydrogens (primary N) is 7. The Labute approximate surface area is 335 Å². The number of benzene rings is 1. The van der Waals surface area contributed by atoms with E-state index in [2.05, 4.69) is 36.6 Å². The number of carbonyl (C=O) groups excluding carboxylic acids is 6. The number of guanidine groups is 2. The van der Waals surface area contributed by atoms with Crippen molar-refractivity contribution < 1.29 is 33.2 Å². The van der Waals surface area contributed by atoms with Crippen LogP contribution in [0, 0.1) is 0 Å². The second-order valence-corrected chi connectivity index (χ2v) is 13.5. The Morgan fingerprint density at radius 3 is 1.60 bits per heavy atom. The number of nitrogens with zero attached hydrogens (tertiary/aromatic N) is 2. The number of fused-ring (bicyclic) bond motifs is 1. The Balaban J connectivity index is 2.34. The van der Waals surface area contributed by atoms with Crippen LogP contribution in [0.5, 0.6) is 0 Å². The quantitative estimate of drug-likeness (QED) is 0.0192. The Morgan fingerprint density at radius 1 is 0.638 bits per heavy atom. The lowest BCUT2D eigenvalue weighted by atomic mass is 10.0. The normalized spacial score (nSPS) is 12.9. The van der Waals surface area contributed by atoms with Crippen molar-refractivity contribution in [2.45, 2.75) is 95.3 Å². The standard InChI is InChI=1S/C36H58N14O8/c1-20(51)46-24(9-5-15-44-35(40)41)32(55)48-25(7-2-3-13-37)33(56)49-26(8-4-14-38)34(57)50-27(10-6-16-45-36(42)43)31(54)47-22-11-12-23-21(17-29(39)52)18-30(53)58-28(23)19-22/h11-12,18-19,24-27H,2-10,13-17,37-38H2,1H3,(H2,39,52)(H,46,51)(H,47,54)(H,48,55)(H,49,56)(H,50,57)(H4,40,41,44)(H4,42,43,45)/t24-,25+,26+,27+/m1/s1. The second kappa shape index (κ2) is 25.1. The highest BCUT2D eigenvalue weighted by Gasteiger charge is 2.31. The van der Waals surface area contributed by atoms with E-state index in [1.165, 1.54) is 19.1 Å². The van der Waals surface area contributed by atoms with Crippen LogP contribution < -0.4 is 72.3 Å².